The van der Waals surface area contributed by atoms with Gasteiger partial charge in [-0.1, -0.05) is 18.2 Å². The summed E-state index contributed by atoms with van der Waals surface area (Å²) in [6, 6.07) is 10.3. The summed E-state index contributed by atoms with van der Waals surface area (Å²) in [6.07, 6.45) is 0. The summed E-state index contributed by atoms with van der Waals surface area (Å²) in [5.41, 5.74) is 11.5. The zero-order valence-corrected chi connectivity index (χ0v) is 9.55. The second-order valence-electron chi connectivity index (χ2n) is 3.86. The van der Waals surface area contributed by atoms with Crippen LogP contribution in [0, 0.1) is 0 Å². The molecule has 0 aliphatic carbocycles. The van der Waals surface area contributed by atoms with Crippen LogP contribution in [0.4, 0.5) is 0 Å². The first kappa shape index (κ1) is 11.6. The van der Waals surface area contributed by atoms with E-state index in [2.05, 4.69) is 26.0 Å². The van der Waals surface area contributed by atoms with Gasteiger partial charge in [-0.3, -0.25) is 0 Å². The minimum atomic E-state index is -0.0178. The average molecular weight is 210 g/mol. The lowest BCUT2D eigenvalue weighted by Gasteiger charge is -2.30. The molecule has 2 nitrogen and oxygen atoms in total. The second-order valence-corrected chi connectivity index (χ2v) is 5.59. The summed E-state index contributed by atoms with van der Waals surface area (Å²) in [5, 5.41) is 0. The number of nitrogens with two attached hydrogens (primary N) is 2. The van der Waals surface area contributed by atoms with Crippen LogP contribution < -0.4 is 11.5 Å². The Morgan fingerprint density at radius 1 is 1.29 bits per heavy atom. The Labute approximate surface area is 90.1 Å². The Bertz CT molecular complexity index is 272. The van der Waals surface area contributed by atoms with Gasteiger partial charge in [-0.2, -0.15) is 0 Å². The molecular weight excluding hydrogens is 192 g/mol. The molecule has 0 saturated heterocycles. The number of benzene rings is 1. The van der Waals surface area contributed by atoms with Crippen molar-refractivity contribution in [3.05, 3.63) is 30.3 Å². The Morgan fingerprint density at radius 2 is 1.86 bits per heavy atom. The molecule has 0 amide bonds. The molecule has 0 aliphatic rings. The molecule has 0 spiro atoms. The molecule has 4 N–H and O–H groups in total. The topological polar surface area (TPSA) is 52.0 Å². The molecule has 0 bridgehead atoms. The van der Waals surface area contributed by atoms with Gasteiger partial charge in [0.2, 0.25) is 0 Å². The number of rotatable bonds is 4. The fraction of sp³-hybridized carbons (Fsp3) is 0.455. The lowest BCUT2D eigenvalue weighted by molar-refractivity contribution is 0.545. The largest absolute Gasteiger partial charge is 0.329 e. The van der Waals surface area contributed by atoms with E-state index in [0.717, 1.165) is 0 Å². The van der Waals surface area contributed by atoms with Crippen molar-refractivity contribution in [3.63, 3.8) is 0 Å². The quantitative estimate of drug-likeness (QED) is 0.746. The molecule has 0 aliphatic heterocycles. The summed E-state index contributed by atoms with van der Waals surface area (Å²) in [5.74, 6) is 0. The van der Waals surface area contributed by atoms with Gasteiger partial charge in [-0.15, -0.1) is 11.8 Å². The maximum Gasteiger partial charge on any atom is 0.0314 e. The minimum Gasteiger partial charge on any atom is -0.329 e. The van der Waals surface area contributed by atoms with Crippen molar-refractivity contribution in [2.75, 3.05) is 6.54 Å². The van der Waals surface area contributed by atoms with E-state index in [-0.39, 0.29) is 10.8 Å². The van der Waals surface area contributed by atoms with Gasteiger partial charge >= 0.3 is 0 Å². The smallest absolute Gasteiger partial charge is 0.0314 e. The molecular formula is C11H18N2S. The maximum atomic E-state index is 5.95. The lowest BCUT2D eigenvalue weighted by Crippen LogP contribution is -2.45. The summed E-state index contributed by atoms with van der Waals surface area (Å²) >= 11 is 1.77. The first-order chi connectivity index (χ1) is 6.56. The van der Waals surface area contributed by atoms with E-state index in [9.17, 15) is 0 Å². The van der Waals surface area contributed by atoms with Gasteiger partial charge < -0.3 is 11.5 Å². The molecule has 14 heavy (non-hydrogen) atoms. The molecule has 78 valence electrons. The first-order valence-electron chi connectivity index (χ1n) is 4.76. The Kier molecular flexibility index (Phi) is 3.98. The number of hydrogen-bond acceptors (Lipinski definition) is 3. The van der Waals surface area contributed by atoms with Crippen molar-refractivity contribution < 1.29 is 0 Å². The van der Waals surface area contributed by atoms with Crippen LogP contribution in [0.25, 0.3) is 0 Å². The Morgan fingerprint density at radius 3 is 2.36 bits per heavy atom. The van der Waals surface area contributed by atoms with Crippen molar-refractivity contribution in [3.8, 4) is 0 Å². The summed E-state index contributed by atoms with van der Waals surface area (Å²) in [7, 11) is 0. The molecule has 0 heterocycles. The molecule has 3 heteroatoms. The summed E-state index contributed by atoms with van der Waals surface area (Å²) in [6.45, 7) is 4.78. The Hall–Kier alpha value is -0.510. The highest BCUT2D eigenvalue weighted by Crippen LogP contribution is 2.33. The van der Waals surface area contributed by atoms with Crippen molar-refractivity contribution >= 4 is 11.8 Å². The third-order valence-corrected chi connectivity index (χ3v) is 3.61. The molecule has 1 unspecified atom stereocenters. The van der Waals surface area contributed by atoms with Gasteiger partial charge in [0.1, 0.15) is 0 Å². The van der Waals surface area contributed by atoms with Crippen molar-refractivity contribution in [1.29, 1.82) is 0 Å². The van der Waals surface area contributed by atoms with Gasteiger partial charge in [0.05, 0.1) is 0 Å². The molecule has 1 rings (SSSR count). The van der Waals surface area contributed by atoms with Gasteiger partial charge in [-0.05, 0) is 26.0 Å². The van der Waals surface area contributed by atoms with Crippen molar-refractivity contribution in [1.82, 2.24) is 0 Å². The standard InChI is InChI=1S/C11H18N2S/c1-11(2,10(13)8-12)14-9-6-4-3-5-7-9/h3-7,10H,8,12-13H2,1-2H3. The lowest BCUT2D eigenvalue weighted by atomic mass is 10.1. The van der Waals surface area contributed by atoms with Crippen LogP contribution in [0.2, 0.25) is 0 Å². The highest BCUT2D eigenvalue weighted by atomic mass is 32.2. The predicted molar refractivity (Wildman–Crippen MR) is 63.4 cm³/mol. The van der Waals surface area contributed by atoms with Crippen molar-refractivity contribution in [2.45, 2.75) is 29.5 Å². The normalized spacial score (nSPS) is 14.0. The predicted octanol–water partition coefficient (Wildman–Crippen LogP) is 1.84. The van der Waals surface area contributed by atoms with Crippen molar-refractivity contribution in [2.24, 2.45) is 11.5 Å². The van der Waals surface area contributed by atoms with Crippen LogP contribution in [-0.4, -0.2) is 17.3 Å². The van der Waals surface area contributed by atoms with Crippen LogP contribution in [0.3, 0.4) is 0 Å². The molecule has 0 radical (unpaired) electrons. The molecule has 1 aromatic rings. The highest BCUT2D eigenvalue weighted by Gasteiger charge is 2.26. The number of hydrogen-bond donors (Lipinski definition) is 2. The van der Waals surface area contributed by atoms with E-state index in [4.69, 9.17) is 11.5 Å². The van der Waals surface area contributed by atoms with E-state index in [1.54, 1.807) is 11.8 Å². The SMILES string of the molecule is CC(C)(Sc1ccccc1)C(N)CN. The summed E-state index contributed by atoms with van der Waals surface area (Å²) < 4.78 is -0.0178. The van der Waals surface area contributed by atoms with Crippen LogP contribution in [0.1, 0.15) is 13.8 Å². The summed E-state index contributed by atoms with van der Waals surface area (Å²) in [4.78, 5) is 1.24. The molecule has 0 fully saturated rings. The van der Waals surface area contributed by atoms with E-state index in [1.165, 1.54) is 4.90 Å². The van der Waals surface area contributed by atoms with Gasteiger partial charge in [-0.25, -0.2) is 0 Å². The number of thioether (sulfide) groups is 1. The van der Waals surface area contributed by atoms with Crippen LogP contribution in [0.15, 0.2) is 35.2 Å². The minimum absolute atomic E-state index is 0.0178. The van der Waals surface area contributed by atoms with Gasteiger partial charge in [0.25, 0.3) is 0 Å². The van der Waals surface area contributed by atoms with E-state index in [0.29, 0.717) is 6.54 Å². The fourth-order valence-corrected chi connectivity index (χ4v) is 2.30. The third-order valence-electron chi connectivity index (χ3n) is 2.27. The molecule has 1 atom stereocenters. The molecule has 0 aromatic heterocycles. The highest BCUT2D eigenvalue weighted by molar-refractivity contribution is 8.00. The van der Waals surface area contributed by atoms with E-state index < -0.39 is 0 Å². The van der Waals surface area contributed by atoms with Crippen LogP contribution >= 0.6 is 11.8 Å². The molecule has 1 aromatic carbocycles. The van der Waals surface area contributed by atoms with Crippen LogP contribution in [0.5, 0.6) is 0 Å². The zero-order chi connectivity index (χ0) is 10.6. The Balaban J connectivity index is 2.68. The maximum absolute atomic E-state index is 5.95. The van der Waals surface area contributed by atoms with E-state index in [1.807, 2.05) is 18.2 Å². The van der Waals surface area contributed by atoms with Gasteiger partial charge in [0.15, 0.2) is 0 Å². The first-order valence-corrected chi connectivity index (χ1v) is 5.57. The fourth-order valence-electron chi connectivity index (χ4n) is 1.15. The van der Waals surface area contributed by atoms with Gasteiger partial charge in [0, 0.05) is 22.2 Å². The second kappa shape index (κ2) is 4.82. The monoisotopic (exact) mass is 210 g/mol. The van der Waals surface area contributed by atoms with E-state index >= 15 is 0 Å². The van der Waals surface area contributed by atoms with Crippen LogP contribution in [-0.2, 0) is 0 Å². The zero-order valence-electron chi connectivity index (χ0n) is 8.73. The average Bonchev–Trinajstić information content (AvgIpc) is 2.17. The molecule has 0 saturated carbocycles. The third kappa shape index (κ3) is 3.01.